The monoisotopic (exact) mass is 366 g/mol. The Hall–Kier alpha value is -1.27. The van der Waals surface area contributed by atoms with Crippen LogP contribution in [0.25, 0.3) is 11.0 Å². The van der Waals surface area contributed by atoms with Gasteiger partial charge in [0.2, 0.25) is 0 Å². The van der Waals surface area contributed by atoms with Gasteiger partial charge in [0.15, 0.2) is 5.16 Å². The number of allylic oxidation sites excluding steroid dienone is 2. The summed E-state index contributed by atoms with van der Waals surface area (Å²) in [4.78, 5) is 15.5. The summed E-state index contributed by atoms with van der Waals surface area (Å²) in [6.07, 6.45) is 7.51. The van der Waals surface area contributed by atoms with E-state index in [0.29, 0.717) is 6.04 Å². The van der Waals surface area contributed by atoms with Gasteiger partial charge >= 0.3 is 5.97 Å². The van der Waals surface area contributed by atoms with Crippen LogP contribution in [0.3, 0.4) is 0 Å². The molecule has 1 aliphatic rings. The molecule has 1 N–H and O–H groups in total. The zero-order valence-electron chi connectivity index (χ0n) is 11.3. The molecule has 0 bridgehead atoms. The molecule has 1 atom stereocenters. The molecule has 1 aromatic heterocycles. The van der Waals surface area contributed by atoms with Crippen molar-refractivity contribution in [2.75, 3.05) is 5.75 Å². The number of nitrogens with zero attached hydrogens (tertiary/aromatic N) is 2. The Balaban J connectivity index is 2.05. The Kier molecular flexibility index (Phi) is 4.35. The van der Waals surface area contributed by atoms with Crippen molar-refractivity contribution in [3.05, 3.63) is 34.8 Å². The van der Waals surface area contributed by atoms with Gasteiger partial charge in [0.05, 0.1) is 16.8 Å². The molecular formula is C15H15BrN2O2S. The number of halogens is 1. The molecule has 0 amide bonds. The van der Waals surface area contributed by atoms with Crippen molar-refractivity contribution >= 4 is 44.7 Å². The van der Waals surface area contributed by atoms with E-state index in [-0.39, 0.29) is 5.75 Å². The number of hydrogen-bond donors (Lipinski definition) is 1. The van der Waals surface area contributed by atoms with E-state index in [9.17, 15) is 4.79 Å². The van der Waals surface area contributed by atoms with E-state index in [1.807, 2.05) is 12.1 Å². The highest BCUT2D eigenvalue weighted by Gasteiger charge is 2.20. The van der Waals surface area contributed by atoms with Gasteiger partial charge in [-0.1, -0.05) is 39.8 Å². The molecule has 1 unspecified atom stereocenters. The van der Waals surface area contributed by atoms with Crippen LogP contribution in [-0.4, -0.2) is 26.4 Å². The van der Waals surface area contributed by atoms with Crippen molar-refractivity contribution in [2.45, 2.75) is 30.5 Å². The van der Waals surface area contributed by atoms with Gasteiger partial charge in [-0.15, -0.1) is 0 Å². The molecule has 3 rings (SSSR count). The Morgan fingerprint density at radius 3 is 3.05 bits per heavy atom. The highest BCUT2D eigenvalue weighted by atomic mass is 79.9. The van der Waals surface area contributed by atoms with E-state index in [0.717, 1.165) is 39.9 Å². The van der Waals surface area contributed by atoms with Gasteiger partial charge in [-0.3, -0.25) is 4.79 Å². The molecule has 0 radical (unpaired) electrons. The molecule has 2 aromatic rings. The maximum Gasteiger partial charge on any atom is 0.313 e. The zero-order chi connectivity index (χ0) is 14.8. The highest BCUT2D eigenvalue weighted by molar-refractivity contribution is 9.10. The Labute approximate surface area is 135 Å². The lowest BCUT2D eigenvalue weighted by atomic mass is 10.0. The number of thioether (sulfide) groups is 1. The van der Waals surface area contributed by atoms with Crippen LogP contribution in [0.1, 0.15) is 25.3 Å². The first-order chi connectivity index (χ1) is 10.1. The van der Waals surface area contributed by atoms with E-state index in [4.69, 9.17) is 5.11 Å². The van der Waals surface area contributed by atoms with E-state index in [1.165, 1.54) is 11.8 Å². The summed E-state index contributed by atoms with van der Waals surface area (Å²) in [5, 5.41) is 9.72. The lowest BCUT2D eigenvalue weighted by Crippen LogP contribution is -2.12. The van der Waals surface area contributed by atoms with Gasteiger partial charge in [0.1, 0.15) is 0 Å². The largest absolute Gasteiger partial charge is 0.481 e. The second-order valence-corrected chi connectivity index (χ2v) is 6.88. The van der Waals surface area contributed by atoms with Gasteiger partial charge in [-0.25, -0.2) is 4.98 Å². The van der Waals surface area contributed by atoms with Gasteiger partial charge in [0, 0.05) is 10.5 Å². The first-order valence-electron chi connectivity index (χ1n) is 6.82. The number of aliphatic carboxylic acids is 1. The normalized spacial score (nSPS) is 18.2. The Bertz CT molecular complexity index is 711. The second kappa shape index (κ2) is 6.23. The fraction of sp³-hybridized carbons (Fsp3) is 0.333. The Morgan fingerprint density at radius 2 is 2.33 bits per heavy atom. The third kappa shape index (κ3) is 3.16. The topological polar surface area (TPSA) is 55.1 Å². The van der Waals surface area contributed by atoms with Crippen molar-refractivity contribution in [1.82, 2.24) is 9.55 Å². The molecule has 0 saturated heterocycles. The van der Waals surface area contributed by atoms with Gasteiger partial charge in [0.25, 0.3) is 0 Å². The predicted octanol–water partition coefficient (Wildman–Crippen LogP) is 4.26. The molecule has 1 aliphatic carbocycles. The van der Waals surface area contributed by atoms with Crippen molar-refractivity contribution < 1.29 is 9.90 Å². The molecule has 1 aromatic carbocycles. The molecule has 4 nitrogen and oxygen atoms in total. The quantitative estimate of drug-likeness (QED) is 0.648. The summed E-state index contributed by atoms with van der Waals surface area (Å²) in [6.45, 7) is 0. The van der Waals surface area contributed by atoms with Crippen molar-refractivity contribution in [1.29, 1.82) is 0 Å². The van der Waals surface area contributed by atoms with E-state index < -0.39 is 5.97 Å². The average Bonchev–Trinajstić information content (AvgIpc) is 2.83. The van der Waals surface area contributed by atoms with Gasteiger partial charge in [-0.05, 0) is 37.5 Å². The standard InChI is InChI=1S/C15H15BrN2O2S/c16-10-6-7-13-12(8-10)17-15(21-9-14(19)20)18(13)11-4-2-1-3-5-11/h1-2,6-8,11H,3-5,9H2,(H,19,20). The number of carboxylic acid groups (broad SMARTS) is 1. The number of hydrogen-bond acceptors (Lipinski definition) is 3. The summed E-state index contributed by atoms with van der Waals surface area (Å²) in [5.74, 6) is -0.782. The number of imidazole rings is 1. The third-order valence-corrected chi connectivity index (χ3v) is 4.98. The molecule has 6 heteroatoms. The van der Waals surface area contributed by atoms with E-state index in [1.54, 1.807) is 0 Å². The average molecular weight is 367 g/mol. The lowest BCUT2D eigenvalue weighted by Gasteiger charge is -2.22. The molecular weight excluding hydrogens is 352 g/mol. The number of rotatable bonds is 4. The summed E-state index contributed by atoms with van der Waals surface area (Å²) >= 11 is 4.76. The lowest BCUT2D eigenvalue weighted by molar-refractivity contribution is -0.133. The number of carbonyl (C=O) groups is 1. The molecule has 0 saturated carbocycles. The van der Waals surface area contributed by atoms with Crippen molar-refractivity contribution in [2.24, 2.45) is 0 Å². The Morgan fingerprint density at radius 1 is 1.48 bits per heavy atom. The zero-order valence-corrected chi connectivity index (χ0v) is 13.7. The van der Waals surface area contributed by atoms with Gasteiger partial charge < -0.3 is 9.67 Å². The van der Waals surface area contributed by atoms with Crippen molar-refractivity contribution in [3.8, 4) is 0 Å². The minimum Gasteiger partial charge on any atom is -0.481 e. The van der Waals surface area contributed by atoms with Crippen LogP contribution < -0.4 is 0 Å². The minimum atomic E-state index is -0.816. The molecule has 1 heterocycles. The van der Waals surface area contributed by atoms with E-state index in [2.05, 4.69) is 43.7 Å². The number of aromatic nitrogens is 2. The van der Waals surface area contributed by atoms with Crippen LogP contribution in [0.2, 0.25) is 0 Å². The summed E-state index contributed by atoms with van der Waals surface area (Å²) in [5.41, 5.74) is 1.98. The number of benzene rings is 1. The first-order valence-corrected chi connectivity index (χ1v) is 8.60. The van der Waals surface area contributed by atoms with Crippen molar-refractivity contribution in [3.63, 3.8) is 0 Å². The molecule has 0 spiro atoms. The van der Waals surface area contributed by atoms with Crippen LogP contribution in [-0.2, 0) is 4.79 Å². The number of carboxylic acids is 1. The second-order valence-electron chi connectivity index (χ2n) is 5.02. The van der Waals surface area contributed by atoms with Crippen LogP contribution in [0.15, 0.2) is 40.0 Å². The highest BCUT2D eigenvalue weighted by Crippen LogP contribution is 2.34. The molecule has 110 valence electrons. The van der Waals surface area contributed by atoms with Crippen LogP contribution in [0, 0.1) is 0 Å². The van der Waals surface area contributed by atoms with E-state index >= 15 is 0 Å². The van der Waals surface area contributed by atoms with Gasteiger partial charge in [-0.2, -0.15) is 0 Å². The molecule has 0 fully saturated rings. The maximum atomic E-state index is 10.9. The fourth-order valence-electron chi connectivity index (χ4n) is 2.64. The van der Waals surface area contributed by atoms with Crippen LogP contribution >= 0.6 is 27.7 Å². The first kappa shape index (κ1) is 14.7. The SMILES string of the molecule is O=C(O)CSc1nc2cc(Br)ccc2n1C1CC=CCC1. The summed E-state index contributed by atoms with van der Waals surface area (Å²) in [6, 6.07) is 6.40. The maximum absolute atomic E-state index is 10.9. The molecule has 21 heavy (non-hydrogen) atoms. The smallest absolute Gasteiger partial charge is 0.313 e. The molecule has 0 aliphatic heterocycles. The third-order valence-electron chi connectivity index (χ3n) is 3.55. The minimum absolute atomic E-state index is 0.0348. The summed E-state index contributed by atoms with van der Waals surface area (Å²) < 4.78 is 3.19. The fourth-order valence-corrected chi connectivity index (χ4v) is 3.79. The number of fused-ring (bicyclic) bond motifs is 1. The van der Waals surface area contributed by atoms with Crippen LogP contribution in [0.4, 0.5) is 0 Å². The summed E-state index contributed by atoms with van der Waals surface area (Å²) in [7, 11) is 0. The van der Waals surface area contributed by atoms with Crippen LogP contribution in [0.5, 0.6) is 0 Å². The predicted molar refractivity (Wildman–Crippen MR) is 87.8 cm³/mol.